The number of rotatable bonds is 3. The van der Waals surface area contributed by atoms with Crippen LogP contribution >= 0.6 is 0 Å². The Kier molecular flexibility index (Phi) is 4.93. The van der Waals surface area contributed by atoms with E-state index in [4.69, 9.17) is 25.1 Å². The highest BCUT2D eigenvalue weighted by molar-refractivity contribution is 5.49. The lowest BCUT2D eigenvalue weighted by Crippen LogP contribution is -2.60. The first kappa shape index (κ1) is 16.2. The average Bonchev–Trinajstić information content (AvgIpc) is 2.55. The summed E-state index contributed by atoms with van der Waals surface area (Å²) in [6.07, 6.45) is -6.99. The van der Waals surface area contributed by atoms with Gasteiger partial charge in [0.15, 0.2) is 0 Å². The Morgan fingerprint density at radius 3 is 2.32 bits per heavy atom. The normalized spacial score (nSPS) is 31.1. The van der Waals surface area contributed by atoms with E-state index >= 15 is 0 Å². The standard InChI is InChI=1S/C14H14N2O6/c15-4-7-1-2-9(3-8(7)5-16)21-14-13(20)12(19)11(18)10(6-17)22-14/h1-3,10-14,17-20H,6H2/t10-,11-,12+,13-,14?/m1/s1. The van der Waals surface area contributed by atoms with E-state index in [1.165, 1.54) is 18.2 Å². The van der Waals surface area contributed by atoms with Crippen molar-refractivity contribution in [3.05, 3.63) is 29.3 Å². The zero-order chi connectivity index (χ0) is 16.3. The quantitative estimate of drug-likeness (QED) is 0.533. The Morgan fingerprint density at radius 1 is 1.05 bits per heavy atom. The minimum absolute atomic E-state index is 0.0876. The molecule has 1 heterocycles. The molecule has 116 valence electrons. The lowest BCUT2D eigenvalue weighted by atomic mass is 9.99. The first-order valence-electron chi connectivity index (χ1n) is 6.43. The summed E-state index contributed by atoms with van der Waals surface area (Å²) in [5.74, 6) is 0.139. The molecule has 2 rings (SSSR count). The molecule has 1 aromatic rings. The van der Waals surface area contributed by atoms with Crippen LogP contribution in [0.25, 0.3) is 0 Å². The summed E-state index contributed by atoms with van der Waals surface area (Å²) >= 11 is 0. The zero-order valence-electron chi connectivity index (χ0n) is 11.3. The summed E-state index contributed by atoms with van der Waals surface area (Å²) < 4.78 is 10.5. The van der Waals surface area contributed by atoms with Crippen molar-refractivity contribution in [1.29, 1.82) is 10.5 Å². The first-order chi connectivity index (χ1) is 10.5. The molecule has 0 radical (unpaired) electrons. The summed E-state index contributed by atoms with van der Waals surface area (Å²) in [5, 5.41) is 56.0. The van der Waals surface area contributed by atoms with E-state index in [-0.39, 0.29) is 16.9 Å². The largest absolute Gasteiger partial charge is 0.462 e. The second-order valence-electron chi connectivity index (χ2n) is 4.75. The van der Waals surface area contributed by atoms with Crippen LogP contribution in [-0.4, -0.2) is 57.7 Å². The molecule has 1 saturated heterocycles. The number of hydrogen-bond acceptors (Lipinski definition) is 8. The molecule has 1 aromatic carbocycles. The molecule has 0 aliphatic carbocycles. The molecule has 1 aliphatic heterocycles. The van der Waals surface area contributed by atoms with Crippen LogP contribution in [0.15, 0.2) is 18.2 Å². The van der Waals surface area contributed by atoms with Gasteiger partial charge in [0, 0.05) is 0 Å². The van der Waals surface area contributed by atoms with Gasteiger partial charge in [0.2, 0.25) is 6.29 Å². The topological polar surface area (TPSA) is 147 Å². The minimum atomic E-state index is -1.55. The van der Waals surface area contributed by atoms with Crippen molar-refractivity contribution >= 4 is 0 Å². The molecular weight excluding hydrogens is 292 g/mol. The highest BCUT2D eigenvalue weighted by Gasteiger charge is 2.44. The Hall–Kier alpha value is -2.20. The van der Waals surface area contributed by atoms with E-state index in [1.54, 1.807) is 0 Å². The number of nitrogens with zero attached hydrogens (tertiary/aromatic N) is 2. The lowest BCUT2D eigenvalue weighted by Gasteiger charge is -2.39. The van der Waals surface area contributed by atoms with Gasteiger partial charge in [0.25, 0.3) is 0 Å². The molecule has 0 saturated carbocycles. The van der Waals surface area contributed by atoms with E-state index in [0.29, 0.717) is 0 Å². The average molecular weight is 306 g/mol. The molecule has 1 aliphatic rings. The summed E-state index contributed by atoms with van der Waals surface area (Å²) in [6.45, 7) is -0.568. The number of nitriles is 2. The number of benzene rings is 1. The highest BCUT2D eigenvalue weighted by atomic mass is 16.7. The molecule has 8 heteroatoms. The van der Waals surface area contributed by atoms with Crippen LogP contribution in [0.4, 0.5) is 0 Å². The zero-order valence-corrected chi connectivity index (χ0v) is 11.3. The third-order valence-electron chi connectivity index (χ3n) is 3.33. The number of hydrogen-bond donors (Lipinski definition) is 4. The molecule has 0 bridgehead atoms. The molecule has 4 N–H and O–H groups in total. The predicted molar refractivity (Wildman–Crippen MR) is 70.3 cm³/mol. The molecule has 1 fully saturated rings. The SMILES string of the molecule is N#Cc1ccc(OC2O[C@H](CO)[C@@H](O)[C@H](O)[C@H]2O)cc1C#N. The van der Waals surface area contributed by atoms with Gasteiger partial charge in [0.1, 0.15) is 42.3 Å². The van der Waals surface area contributed by atoms with E-state index in [1.807, 2.05) is 12.1 Å². The second kappa shape index (κ2) is 6.71. The lowest BCUT2D eigenvalue weighted by molar-refractivity contribution is -0.277. The van der Waals surface area contributed by atoms with Crippen molar-refractivity contribution in [2.75, 3.05) is 6.61 Å². The Labute approximate surface area is 126 Å². The smallest absolute Gasteiger partial charge is 0.229 e. The van der Waals surface area contributed by atoms with Crippen LogP contribution < -0.4 is 4.74 Å². The van der Waals surface area contributed by atoms with Crippen LogP contribution in [0, 0.1) is 22.7 Å². The van der Waals surface area contributed by atoms with Crippen molar-refractivity contribution in [3.8, 4) is 17.9 Å². The maximum Gasteiger partial charge on any atom is 0.229 e. The van der Waals surface area contributed by atoms with Crippen LogP contribution in [-0.2, 0) is 4.74 Å². The molecule has 0 amide bonds. The summed E-state index contributed by atoms with van der Waals surface area (Å²) in [5.41, 5.74) is 0.258. The first-order valence-corrected chi connectivity index (χ1v) is 6.43. The molecule has 22 heavy (non-hydrogen) atoms. The Balaban J connectivity index is 2.20. The van der Waals surface area contributed by atoms with Gasteiger partial charge < -0.3 is 29.9 Å². The van der Waals surface area contributed by atoms with Gasteiger partial charge in [0.05, 0.1) is 17.7 Å². The van der Waals surface area contributed by atoms with Gasteiger partial charge in [-0.05, 0) is 18.2 Å². The third kappa shape index (κ3) is 3.02. The van der Waals surface area contributed by atoms with Gasteiger partial charge in [-0.1, -0.05) is 0 Å². The second-order valence-corrected chi connectivity index (χ2v) is 4.75. The fraction of sp³-hybridized carbons (Fsp3) is 0.429. The van der Waals surface area contributed by atoms with Gasteiger partial charge in [-0.15, -0.1) is 0 Å². The summed E-state index contributed by atoms with van der Waals surface area (Å²) in [6, 6.07) is 7.75. The van der Waals surface area contributed by atoms with Crippen LogP contribution in [0.3, 0.4) is 0 Å². The fourth-order valence-corrected chi connectivity index (χ4v) is 2.09. The molecule has 8 nitrogen and oxygen atoms in total. The van der Waals surface area contributed by atoms with Crippen molar-refractivity contribution in [1.82, 2.24) is 0 Å². The number of ether oxygens (including phenoxy) is 2. The fourth-order valence-electron chi connectivity index (χ4n) is 2.09. The third-order valence-corrected chi connectivity index (χ3v) is 3.33. The Bertz CT molecular complexity index is 621. The number of aliphatic hydroxyl groups excluding tert-OH is 4. The van der Waals surface area contributed by atoms with Crippen molar-refractivity contribution in [2.24, 2.45) is 0 Å². The van der Waals surface area contributed by atoms with Gasteiger partial charge in [-0.2, -0.15) is 10.5 Å². The molecule has 0 aromatic heterocycles. The maximum absolute atomic E-state index is 9.85. The molecular formula is C14H14N2O6. The van der Waals surface area contributed by atoms with E-state index < -0.39 is 37.3 Å². The Morgan fingerprint density at radius 2 is 1.73 bits per heavy atom. The van der Waals surface area contributed by atoms with Crippen LogP contribution in [0.2, 0.25) is 0 Å². The van der Waals surface area contributed by atoms with E-state index in [0.717, 1.165) is 0 Å². The maximum atomic E-state index is 9.85. The molecule has 1 unspecified atom stereocenters. The van der Waals surface area contributed by atoms with Crippen LogP contribution in [0.1, 0.15) is 11.1 Å². The molecule has 0 spiro atoms. The van der Waals surface area contributed by atoms with Crippen LogP contribution in [0.5, 0.6) is 5.75 Å². The van der Waals surface area contributed by atoms with Crippen molar-refractivity contribution in [3.63, 3.8) is 0 Å². The highest BCUT2D eigenvalue weighted by Crippen LogP contribution is 2.25. The van der Waals surface area contributed by atoms with Crippen molar-refractivity contribution in [2.45, 2.75) is 30.7 Å². The number of aliphatic hydroxyl groups is 4. The van der Waals surface area contributed by atoms with E-state index in [9.17, 15) is 15.3 Å². The summed E-state index contributed by atoms with van der Waals surface area (Å²) in [4.78, 5) is 0. The van der Waals surface area contributed by atoms with Gasteiger partial charge in [-0.3, -0.25) is 0 Å². The van der Waals surface area contributed by atoms with Gasteiger partial charge >= 0.3 is 0 Å². The monoisotopic (exact) mass is 306 g/mol. The minimum Gasteiger partial charge on any atom is -0.462 e. The van der Waals surface area contributed by atoms with Crippen molar-refractivity contribution < 1.29 is 29.9 Å². The molecule has 5 atom stereocenters. The summed E-state index contributed by atoms with van der Waals surface area (Å²) in [7, 11) is 0. The van der Waals surface area contributed by atoms with Gasteiger partial charge in [-0.25, -0.2) is 0 Å². The van der Waals surface area contributed by atoms with E-state index in [2.05, 4.69) is 0 Å². The predicted octanol–water partition coefficient (Wildman–Crippen LogP) is -1.39.